The van der Waals surface area contributed by atoms with Gasteiger partial charge in [-0.15, -0.1) is 0 Å². The molecule has 2 atom stereocenters. The zero-order valence-corrected chi connectivity index (χ0v) is 17.4. The minimum atomic E-state index is -0.687. The van der Waals surface area contributed by atoms with Crippen LogP contribution >= 0.6 is 23.2 Å². The summed E-state index contributed by atoms with van der Waals surface area (Å²) >= 11 is 12.1. The average molecular weight is 411 g/mol. The number of nitrogens with two attached hydrogens (primary N) is 1. The van der Waals surface area contributed by atoms with Gasteiger partial charge in [0.2, 0.25) is 11.8 Å². The van der Waals surface area contributed by atoms with Gasteiger partial charge in [-0.1, -0.05) is 43.5 Å². The topological polar surface area (TPSA) is 90.0 Å². The van der Waals surface area contributed by atoms with Crippen molar-refractivity contribution in [1.29, 1.82) is 0 Å². The lowest BCUT2D eigenvalue weighted by atomic mass is 9.98. The number of primary amides is 1. The molecule has 146 valence electrons. The number of aromatic nitrogens is 2. The SMILES string of the molecule is CCC(C)C(NC(=O)Cc1c(C)nn(-c2ccc(Cl)c(Cl)c2)c1C)C(N)=O. The van der Waals surface area contributed by atoms with Crippen LogP contribution in [0.15, 0.2) is 18.2 Å². The van der Waals surface area contributed by atoms with Gasteiger partial charge in [0.15, 0.2) is 0 Å². The van der Waals surface area contributed by atoms with Gasteiger partial charge in [0.05, 0.1) is 27.8 Å². The first kappa shape index (κ1) is 21.3. The molecule has 2 aromatic rings. The second kappa shape index (κ2) is 8.76. The highest BCUT2D eigenvalue weighted by atomic mass is 35.5. The molecule has 0 aliphatic rings. The van der Waals surface area contributed by atoms with Crippen molar-refractivity contribution >= 4 is 35.0 Å². The van der Waals surface area contributed by atoms with Crippen LogP contribution in [0, 0.1) is 19.8 Å². The van der Waals surface area contributed by atoms with E-state index in [1.54, 1.807) is 16.8 Å². The molecule has 0 saturated heterocycles. The summed E-state index contributed by atoms with van der Waals surface area (Å²) in [6.45, 7) is 7.55. The number of hydrogen-bond donors (Lipinski definition) is 2. The third-order valence-electron chi connectivity index (χ3n) is 4.76. The Morgan fingerprint density at radius 3 is 2.48 bits per heavy atom. The van der Waals surface area contributed by atoms with Crippen LogP contribution in [0.3, 0.4) is 0 Å². The number of carbonyl (C=O) groups excluding carboxylic acids is 2. The van der Waals surface area contributed by atoms with E-state index in [0.717, 1.165) is 29.1 Å². The van der Waals surface area contributed by atoms with Crippen LogP contribution in [0.25, 0.3) is 5.69 Å². The predicted molar refractivity (Wildman–Crippen MR) is 107 cm³/mol. The zero-order chi connectivity index (χ0) is 20.3. The number of rotatable bonds is 7. The monoisotopic (exact) mass is 410 g/mol. The van der Waals surface area contributed by atoms with Gasteiger partial charge in [-0.2, -0.15) is 5.10 Å². The van der Waals surface area contributed by atoms with Crippen LogP contribution in [0.1, 0.15) is 37.2 Å². The summed E-state index contributed by atoms with van der Waals surface area (Å²) in [6, 6.07) is 4.54. The van der Waals surface area contributed by atoms with Crippen LogP contribution < -0.4 is 11.1 Å². The minimum absolute atomic E-state index is 0.0347. The van der Waals surface area contributed by atoms with Gasteiger partial charge in [0.25, 0.3) is 0 Å². The van der Waals surface area contributed by atoms with Crippen LogP contribution in [0.5, 0.6) is 0 Å². The largest absolute Gasteiger partial charge is 0.368 e. The van der Waals surface area contributed by atoms with E-state index in [9.17, 15) is 9.59 Å². The van der Waals surface area contributed by atoms with Gasteiger partial charge in [0.1, 0.15) is 6.04 Å². The Balaban J connectivity index is 2.24. The van der Waals surface area contributed by atoms with E-state index in [1.807, 2.05) is 33.8 Å². The lowest BCUT2D eigenvalue weighted by molar-refractivity contribution is -0.128. The molecule has 6 nitrogen and oxygen atoms in total. The molecular formula is C19H24Cl2N4O2. The number of nitrogens with zero attached hydrogens (tertiary/aromatic N) is 2. The molecule has 1 aromatic heterocycles. The van der Waals surface area contributed by atoms with E-state index in [4.69, 9.17) is 28.9 Å². The molecule has 2 amide bonds. The fraction of sp³-hybridized carbons (Fsp3) is 0.421. The Labute approximate surface area is 169 Å². The fourth-order valence-corrected chi connectivity index (χ4v) is 3.21. The lowest BCUT2D eigenvalue weighted by Crippen LogP contribution is -2.48. The van der Waals surface area contributed by atoms with Crippen LogP contribution in [0.2, 0.25) is 10.0 Å². The van der Waals surface area contributed by atoms with Gasteiger partial charge in [0, 0.05) is 11.3 Å². The molecule has 0 spiro atoms. The standard InChI is InChI=1S/C19H24Cl2N4O2/c1-5-10(2)18(19(22)27)23-17(26)9-14-11(3)24-25(12(14)4)13-6-7-15(20)16(21)8-13/h6-8,10,18H,5,9H2,1-4H3,(H2,22,27)(H,23,26). The maximum Gasteiger partial charge on any atom is 0.240 e. The Morgan fingerprint density at radius 1 is 1.26 bits per heavy atom. The molecule has 1 aromatic carbocycles. The van der Waals surface area contributed by atoms with Crippen molar-refractivity contribution in [2.45, 2.75) is 46.6 Å². The van der Waals surface area contributed by atoms with E-state index in [2.05, 4.69) is 10.4 Å². The molecule has 2 unspecified atom stereocenters. The van der Waals surface area contributed by atoms with Crippen molar-refractivity contribution in [3.05, 3.63) is 45.2 Å². The first-order valence-corrected chi connectivity index (χ1v) is 9.50. The fourth-order valence-electron chi connectivity index (χ4n) is 2.91. The Kier molecular flexibility index (Phi) is 6.89. The first-order chi connectivity index (χ1) is 12.6. The van der Waals surface area contributed by atoms with Crippen LogP contribution in [-0.2, 0) is 16.0 Å². The van der Waals surface area contributed by atoms with Gasteiger partial charge in [-0.3, -0.25) is 9.59 Å². The lowest BCUT2D eigenvalue weighted by Gasteiger charge is -2.21. The average Bonchev–Trinajstić information content (AvgIpc) is 2.89. The number of aryl methyl sites for hydroxylation is 1. The van der Waals surface area contributed by atoms with Crippen molar-refractivity contribution in [1.82, 2.24) is 15.1 Å². The molecule has 8 heteroatoms. The van der Waals surface area contributed by atoms with E-state index in [-0.39, 0.29) is 18.2 Å². The van der Waals surface area contributed by atoms with Gasteiger partial charge in [-0.05, 0) is 38.0 Å². The van der Waals surface area contributed by atoms with Crippen molar-refractivity contribution in [3.63, 3.8) is 0 Å². The molecule has 0 aliphatic carbocycles. The Hall–Kier alpha value is -2.05. The molecule has 0 radical (unpaired) electrons. The summed E-state index contributed by atoms with van der Waals surface area (Å²) in [5, 5.41) is 8.15. The summed E-state index contributed by atoms with van der Waals surface area (Å²) in [5.41, 5.74) is 8.53. The molecule has 0 bridgehead atoms. The molecule has 0 fully saturated rings. The molecule has 1 heterocycles. The first-order valence-electron chi connectivity index (χ1n) is 8.74. The third kappa shape index (κ3) is 4.82. The molecule has 0 aliphatic heterocycles. The maximum absolute atomic E-state index is 12.5. The van der Waals surface area contributed by atoms with Crippen molar-refractivity contribution in [2.75, 3.05) is 0 Å². The Morgan fingerprint density at radius 2 is 1.93 bits per heavy atom. The predicted octanol–water partition coefficient (Wildman–Crippen LogP) is 3.35. The van der Waals surface area contributed by atoms with Crippen molar-refractivity contribution in [3.8, 4) is 5.69 Å². The highest BCUT2D eigenvalue weighted by molar-refractivity contribution is 6.42. The van der Waals surface area contributed by atoms with Crippen molar-refractivity contribution in [2.24, 2.45) is 11.7 Å². The van der Waals surface area contributed by atoms with Gasteiger partial charge < -0.3 is 11.1 Å². The molecule has 2 rings (SSSR count). The molecular weight excluding hydrogens is 387 g/mol. The highest BCUT2D eigenvalue weighted by Crippen LogP contribution is 2.26. The summed E-state index contributed by atoms with van der Waals surface area (Å²) in [5.74, 6) is -0.829. The zero-order valence-electron chi connectivity index (χ0n) is 15.8. The van der Waals surface area contributed by atoms with E-state index >= 15 is 0 Å². The summed E-state index contributed by atoms with van der Waals surface area (Å²) in [7, 11) is 0. The maximum atomic E-state index is 12.5. The second-order valence-electron chi connectivity index (χ2n) is 6.67. The van der Waals surface area contributed by atoms with Gasteiger partial charge >= 0.3 is 0 Å². The summed E-state index contributed by atoms with van der Waals surface area (Å²) in [4.78, 5) is 24.1. The van der Waals surface area contributed by atoms with E-state index < -0.39 is 11.9 Å². The number of halogens is 2. The number of nitrogens with one attached hydrogen (secondary N) is 1. The van der Waals surface area contributed by atoms with E-state index in [1.165, 1.54) is 0 Å². The molecule has 27 heavy (non-hydrogen) atoms. The quantitative estimate of drug-likeness (QED) is 0.732. The van der Waals surface area contributed by atoms with Gasteiger partial charge in [-0.25, -0.2) is 4.68 Å². The van der Waals surface area contributed by atoms with Crippen LogP contribution in [-0.4, -0.2) is 27.6 Å². The summed E-state index contributed by atoms with van der Waals surface area (Å²) < 4.78 is 1.72. The third-order valence-corrected chi connectivity index (χ3v) is 5.50. The number of amides is 2. The smallest absolute Gasteiger partial charge is 0.240 e. The highest BCUT2D eigenvalue weighted by Gasteiger charge is 2.25. The van der Waals surface area contributed by atoms with Crippen molar-refractivity contribution < 1.29 is 9.59 Å². The number of hydrogen-bond acceptors (Lipinski definition) is 3. The number of carbonyl (C=O) groups is 2. The summed E-state index contributed by atoms with van der Waals surface area (Å²) in [6.07, 6.45) is 0.848. The molecule has 3 N–H and O–H groups in total. The molecule has 0 saturated carbocycles. The van der Waals surface area contributed by atoms with Crippen LogP contribution in [0.4, 0.5) is 0 Å². The normalized spacial score (nSPS) is 13.3. The second-order valence-corrected chi connectivity index (χ2v) is 7.48. The minimum Gasteiger partial charge on any atom is -0.368 e. The Bertz CT molecular complexity index is 864. The number of benzene rings is 1. The van der Waals surface area contributed by atoms with E-state index in [0.29, 0.717) is 10.0 Å².